The lowest BCUT2D eigenvalue weighted by molar-refractivity contribution is 0.0600. The molecule has 1 heterocycles. The van der Waals surface area contributed by atoms with Crippen molar-refractivity contribution >= 4 is 11.9 Å². The molecule has 0 bridgehead atoms. The molecule has 0 fully saturated rings. The Morgan fingerprint density at radius 1 is 1.00 bits per heavy atom. The molecule has 0 radical (unpaired) electrons. The molecule has 120 valence electrons. The summed E-state index contributed by atoms with van der Waals surface area (Å²) in [6, 6.07) is 14.4. The van der Waals surface area contributed by atoms with E-state index in [1.165, 1.54) is 7.11 Å². The van der Waals surface area contributed by atoms with Gasteiger partial charge in [-0.15, -0.1) is 0 Å². The number of nitrogens with one attached hydrogen (secondary N) is 1. The summed E-state index contributed by atoms with van der Waals surface area (Å²) in [4.78, 5) is 23.0. The highest BCUT2D eigenvalue weighted by Crippen LogP contribution is 2.32. The Kier molecular flexibility index (Phi) is 4.07. The quantitative estimate of drug-likeness (QED) is 0.714. The van der Waals surface area contributed by atoms with Gasteiger partial charge in [-0.05, 0) is 23.3 Å². The van der Waals surface area contributed by atoms with Gasteiger partial charge in [0.2, 0.25) is 0 Å². The number of esters is 1. The summed E-state index contributed by atoms with van der Waals surface area (Å²) in [5.74, 6) is -1.06. The molecule has 7 heteroatoms. The first-order valence-electron chi connectivity index (χ1n) is 7.10. The SMILES string of the molecule is COC(=O)c1ccc(-c2ccccc2-c2n[nH]nc2C(N)=O)cc1. The van der Waals surface area contributed by atoms with E-state index >= 15 is 0 Å². The van der Waals surface area contributed by atoms with Crippen molar-refractivity contribution in [3.63, 3.8) is 0 Å². The van der Waals surface area contributed by atoms with Crippen LogP contribution >= 0.6 is 0 Å². The minimum absolute atomic E-state index is 0.0774. The van der Waals surface area contributed by atoms with Crippen molar-refractivity contribution in [2.75, 3.05) is 7.11 Å². The number of benzene rings is 2. The van der Waals surface area contributed by atoms with Gasteiger partial charge in [0.05, 0.1) is 12.7 Å². The molecule has 3 aromatic rings. The van der Waals surface area contributed by atoms with E-state index in [-0.39, 0.29) is 5.69 Å². The van der Waals surface area contributed by atoms with Crippen molar-refractivity contribution in [3.8, 4) is 22.4 Å². The predicted octanol–water partition coefficient (Wildman–Crippen LogP) is 2.02. The number of aromatic nitrogens is 3. The predicted molar refractivity (Wildman–Crippen MR) is 87.1 cm³/mol. The molecule has 0 unspecified atom stereocenters. The molecule has 2 aromatic carbocycles. The molecular weight excluding hydrogens is 308 g/mol. The number of primary amides is 1. The van der Waals surface area contributed by atoms with E-state index in [4.69, 9.17) is 10.5 Å². The Balaban J connectivity index is 2.08. The zero-order chi connectivity index (χ0) is 17.1. The first-order valence-corrected chi connectivity index (χ1v) is 7.10. The number of H-pyrrole nitrogens is 1. The van der Waals surface area contributed by atoms with E-state index in [9.17, 15) is 9.59 Å². The van der Waals surface area contributed by atoms with Gasteiger partial charge >= 0.3 is 5.97 Å². The van der Waals surface area contributed by atoms with Gasteiger partial charge in [-0.25, -0.2) is 4.79 Å². The van der Waals surface area contributed by atoms with Crippen LogP contribution in [0.1, 0.15) is 20.8 Å². The van der Waals surface area contributed by atoms with Gasteiger partial charge in [0.15, 0.2) is 5.69 Å². The molecule has 1 amide bonds. The van der Waals surface area contributed by atoms with Gasteiger partial charge in [-0.3, -0.25) is 4.79 Å². The monoisotopic (exact) mass is 322 g/mol. The molecule has 0 atom stereocenters. The van der Waals surface area contributed by atoms with Gasteiger partial charge in [-0.2, -0.15) is 15.4 Å². The average molecular weight is 322 g/mol. The third-order valence-electron chi connectivity index (χ3n) is 3.58. The zero-order valence-corrected chi connectivity index (χ0v) is 12.8. The Morgan fingerprint density at radius 2 is 1.67 bits per heavy atom. The number of rotatable bonds is 4. The first kappa shape index (κ1) is 15.4. The Hall–Kier alpha value is -3.48. The van der Waals surface area contributed by atoms with E-state index in [1.807, 2.05) is 24.3 Å². The minimum Gasteiger partial charge on any atom is -0.465 e. The van der Waals surface area contributed by atoms with Crippen molar-refractivity contribution in [2.24, 2.45) is 5.73 Å². The Bertz CT molecular complexity index is 900. The van der Waals surface area contributed by atoms with Gasteiger partial charge in [0.1, 0.15) is 5.69 Å². The Morgan fingerprint density at radius 3 is 2.29 bits per heavy atom. The Labute approximate surface area is 137 Å². The first-order chi connectivity index (χ1) is 11.6. The number of aromatic amines is 1. The number of hydrogen-bond donors (Lipinski definition) is 2. The maximum atomic E-state index is 11.5. The van der Waals surface area contributed by atoms with Gasteiger partial charge in [0, 0.05) is 5.56 Å². The highest BCUT2D eigenvalue weighted by molar-refractivity contribution is 5.99. The molecule has 0 saturated carbocycles. The van der Waals surface area contributed by atoms with E-state index in [1.54, 1.807) is 24.3 Å². The summed E-state index contributed by atoms with van der Waals surface area (Å²) < 4.78 is 4.69. The molecule has 0 spiro atoms. The van der Waals surface area contributed by atoms with Crippen molar-refractivity contribution in [1.82, 2.24) is 15.4 Å². The molecule has 1 aromatic heterocycles. The second kappa shape index (κ2) is 6.33. The van der Waals surface area contributed by atoms with Crippen molar-refractivity contribution < 1.29 is 14.3 Å². The third-order valence-corrected chi connectivity index (χ3v) is 3.58. The fourth-order valence-electron chi connectivity index (χ4n) is 2.44. The van der Waals surface area contributed by atoms with E-state index in [0.717, 1.165) is 11.1 Å². The van der Waals surface area contributed by atoms with E-state index < -0.39 is 11.9 Å². The summed E-state index contributed by atoms with van der Waals surface area (Å²) in [6.07, 6.45) is 0. The van der Waals surface area contributed by atoms with E-state index in [2.05, 4.69) is 15.4 Å². The summed E-state index contributed by atoms with van der Waals surface area (Å²) in [5.41, 5.74) is 8.67. The number of methoxy groups -OCH3 is 1. The highest BCUT2D eigenvalue weighted by atomic mass is 16.5. The standard InChI is InChI=1S/C17H14N4O3/c1-24-17(23)11-8-6-10(7-9-11)12-4-2-3-5-13(12)14-15(16(18)22)20-21-19-14/h2-9H,1H3,(H2,18,22)(H,19,20,21). The highest BCUT2D eigenvalue weighted by Gasteiger charge is 2.18. The molecule has 0 aliphatic carbocycles. The fraction of sp³-hybridized carbons (Fsp3) is 0.0588. The molecule has 0 saturated heterocycles. The second-order valence-corrected chi connectivity index (χ2v) is 5.00. The second-order valence-electron chi connectivity index (χ2n) is 5.00. The summed E-state index contributed by atoms with van der Waals surface area (Å²) in [7, 11) is 1.33. The van der Waals surface area contributed by atoms with Crippen LogP contribution < -0.4 is 5.73 Å². The van der Waals surface area contributed by atoms with Crippen LogP contribution in [0.5, 0.6) is 0 Å². The number of hydrogen-bond acceptors (Lipinski definition) is 5. The molecule has 0 aliphatic heterocycles. The number of amides is 1. The summed E-state index contributed by atoms with van der Waals surface area (Å²) >= 11 is 0. The average Bonchev–Trinajstić information content (AvgIpc) is 3.11. The maximum Gasteiger partial charge on any atom is 0.337 e. The van der Waals surface area contributed by atoms with Crippen molar-refractivity contribution in [3.05, 3.63) is 59.8 Å². The molecule has 3 rings (SSSR count). The largest absolute Gasteiger partial charge is 0.465 e. The molecule has 24 heavy (non-hydrogen) atoms. The van der Waals surface area contributed by atoms with E-state index in [0.29, 0.717) is 16.8 Å². The van der Waals surface area contributed by atoms with Crippen molar-refractivity contribution in [2.45, 2.75) is 0 Å². The van der Waals surface area contributed by atoms with Crippen LogP contribution in [0.15, 0.2) is 48.5 Å². The fourth-order valence-corrected chi connectivity index (χ4v) is 2.44. The van der Waals surface area contributed by atoms with Crippen LogP contribution in [0.3, 0.4) is 0 Å². The molecule has 7 nitrogen and oxygen atoms in total. The van der Waals surface area contributed by atoms with Crippen LogP contribution in [0, 0.1) is 0 Å². The lowest BCUT2D eigenvalue weighted by Crippen LogP contribution is -2.12. The van der Waals surface area contributed by atoms with Crippen LogP contribution in [-0.2, 0) is 4.74 Å². The number of nitrogens with two attached hydrogens (primary N) is 1. The number of carbonyl (C=O) groups is 2. The van der Waals surface area contributed by atoms with Crippen molar-refractivity contribution in [1.29, 1.82) is 0 Å². The van der Waals surface area contributed by atoms with Gasteiger partial charge in [-0.1, -0.05) is 36.4 Å². The van der Waals surface area contributed by atoms with Crippen LogP contribution in [0.4, 0.5) is 0 Å². The number of ether oxygens (including phenoxy) is 1. The van der Waals surface area contributed by atoms with Crippen LogP contribution in [0.2, 0.25) is 0 Å². The molecule has 3 N–H and O–H groups in total. The molecular formula is C17H14N4O3. The number of carbonyl (C=O) groups excluding carboxylic acids is 2. The number of nitrogens with zero attached hydrogens (tertiary/aromatic N) is 2. The van der Waals surface area contributed by atoms with Crippen LogP contribution in [0.25, 0.3) is 22.4 Å². The third kappa shape index (κ3) is 2.74. The topological polar surface area (TPSA) is 111 Å². The lowest BCUT2D eigenvalue weighted by atomic mass is 9.96. The lowest BCUT2D eigenvalue weighted by Gasteiger charge is -2.09. The minimum atomic E-state index is -0.658. The van der Waals surface area contributed by atoms with Gasteiger partial charge < -0.3 is 10.5 Å². The molecule has 0 aliphatic rings. The normalized spacial score (nSPS) is 10.4. The maximum absolute atomic E-state index is 11.5. The summed E-state index contributed by atoms with van der Waals surface area (Å²) in [5, 5.41) is 10.3. The van der Waals surface area contributed by atoms with Crippen LogP contribution in [-0.4, -0.2) is 34.4 Å². The summed E-state index contributed by atoms with van der Waals surface area (Å²) in [6.45, 7) is 0. The zero-order valence-electron chi connectivity index (χ0n) is 12.8. The van der Waals surface area contributed by atoms with Gasteiger partial charge in [0.25, 0.3) is 5.91 Å². The smallest absolute Gasteiger partial charge is 0.337 e.